The molecule has 0 bridgehead atoms. The minimum atomic E-state index is -2.77. The number of ether oxygens (including phenoxy) is 1. The number of halogens is 2. The van der Waals surface area contributed by atoms with Crippen molar-refractivity contribution in [3.63, 3.8) is 0 Å². The molecule has 0 spiro atoms. The smallest absolute Gasteiger partial charge is 0.387 e. The van der Waals surface area contributed by atoms with Crippen molar-refractivity contribution in [3.05, 3.63) is 29.8 Å². The SMILES string of the molecule is CCCNC(c1ccc(OC(F)F)cc1)C(C)C. The first kappa shape index (κ1) is 14.9. The van der Waals surface area contributed by atoms with E-state index in [-0.39, 0.29) is 11.8 Å². The molecular weight excluding hydrogens is 236 g/mol. The van der Waals surface area contributed by atoms with Crippen LogP contribution in [0.3, 0.4) is 0 Å². The molecule has 0 aliphatic carbocycles. The molecule has 1 unspecified atom stereocenters. The molecular formula is C14H21F2NO. The summed E-state index contributed by atoms with van der Waals surface area (Å²) in [6, 6.07) is 7.09. The van der Waals surface area contributed by atoms with Crippen LogP contribution in [0.15, 0.2) is 24.3 Å². The van der Waals surface area contributed by atoms with Crippen LogP contribution in [-0.2, 0) is 0 Å². The van der Waals surface area contributed by atoms with Crippen LogP contribution >= 0.6 is 0 Å². The quantitative estimate of drug-likeness (QED) is 0.797. The van der Waals surface area contributed by atoms with E-state index in [1.165, 1.54) is 0 Å². The molecule has 18 heavy (non-hydrogen) atoms. The Morgan fingerprint density at radius 1 is 1.17 bits per heavy atom. The summed E-state index contributed by atoms with van der Waals surface area (Å²) in [7, 11) is 0. The van der Waals surface area contributed by atoms with Crippen molar-refractivity contribution in [2.24, 2.45) is 5.92 Å². The van der Waals surface area contributed by atoms with E-state index < -0.39 is 6.61 Å². The number of rotatable bonds is 7. The van der Waals surface area contributed by atoms with Gasteiger partial charge >= 0.3 is 6.61 Å². The van der Waals surface area contributed by atoms with Crippen LogP contribution in [0, 0.1) is 5.92 Å². The molecule has 0 radical (unpaired) electrons. The molecule has 4 heteroatoms. The first-order valence-electron chi connectivity index (χ1n) is 6.32. The fourth-order valence-corrected chi connectivity index (χ4v) is 1.89. The standard InChI is InChI=1S/C14H21F2NO/c1-4-9-17-13(10(2)3)11-5-7-12(8-6-11)18-14(15)16/h5-8,10,13-14,17H,4,9H2,1-3H3. The Balaban J connectivity index is 2.73. The molecule has 0 aromatic heterocycles. The maximum atomic E-state index is 12.0. The van der Waals surface area contributed by atoms with Gasteiger partial charge in [-0.15, -0.1) is 0 Å². The van der Waals surface area contributed by atoms with Gasteiger partial charge in [-0.1, -0.05) is 32.9 Å². The highest BCUT2D eigenvalue weighted by Gasteiger charge is 2.15. The fraction of sp³-hybridized carbons (Fsp3) is 0.571. The number of hydrogen-bond acceptors (Lipinski definition) is 2. The number of benzene rings is 1. The minimum Gasteiger partial charge on any atom is -0.435 e. The lowest BCUT2D eigenvalue weighted by atomic mass is 9.96. The van der Waals surface area contributed by atoms with Crippen molar-refractivity contribution in [1.82, 2.24) is 5.32 Å². The Hall–Kier alpha value is -1.16. The predicted octanol–water partition coefficient (Wildman–Crippen LogP) is 3.98. The van der Waals surface area contributed by atoms with E-state index in [9.17, 15) is 8.78 Å². The lowest BCUT2D eigenvalue weighted by Crippen LogP contribution is -2.26. The third-order valence-corrected chi connectivity index (χ3v) is 2.75. The second kappa shape index (κ2) is 7.31. The van der Waals surface area contributed by atoms with E-state index in [0.717, 1.165) is 18.5 Å². The zero-order valence-corrected chi connectivity index (χ0v) is 11.1. The minimum absolute atomic E-state index is 0.201. The molecule has 0 aliphatic rings. The summed E-state index contributed by atoms with van der Waals surface area (Å²) >= 11 is 0. The van der Waals surface area contributed by atoms with Gasteiger partial charge in [0.25, 0.3) is 0 Å². The molecule has 1 aromatic rings. The molecule has 102 valence electrons. The third kappa shape index (κ3) is 4.61. The maximum Gasteiger partial charge on any atom is 0.387 e. The van der Waals surface area contributed by atoms with Gasteiger partial charge in [-0.2, -0.15) is 8.78 Å². The van der Waals surface area contributed by atoms with E-state index in [4.69, 9.17) is 0 Å². The maximum absolute atomic E-state index is 12.0. The van der Waals surface area contributed by atoms with E-state index in [1.807, 2.05) is 12.1 Å². The Morgan fingerprint density at radius 2 is 1.78 bits per heavy atom. The Labute approximate surface area is 107 Å². The van der Waals surface area contributed by atoms with Crippen LogP contribution < -0.4 is 10.1 Å². The Kier molecular flexibility index (Phi) is 6.05. The highest BCUT2D eigenvalue weighted by molar-refractivity contribution is 5.29. The number of alkyl halides is 2. The highest BCUT2D eigenvalue weighted by atomic mass is 19.3. The summed E-state index contributed by atoms with van der Waals surface area (Å²) < 4.78 is 28.4. The highest BCUT2D eigenvalue weighted by Crippen LogP contribution is 2.24. The van der Waals surface area contributed by atoms with Gasteiger partial charge in [0.05, 0.1) is 0 Å². The van der Waals surface area contributed by atoms with Crippen LogP contribution in [-0.4, -0.2) is 13.2 Å². The van der Waals surface area contributed by atoms with Crippen LogP contribution in [0.1, 0.15) is 38.8 Å². The summed E-state index contributed by atoms with van der Waals surface area (Å²) in [4.78, 5) is 0. The summed E-state index contributed by atoms with van der Waals surface area (Å²) in [6.45, 7) is 4.56. The predicted molar refractivity (Wildman–Crippen MR) is 68.9 cm³/mol. The Bertz CT molecular complexity index is 338. The van der Waals surface area contributed by atoms with Crippen molar-refractivity contribution in [2.75, 3.05) is 6.54 Å². The van der Waals surface area contributed by atoms with Crippen molar-refractivity contribution in [1.29, 1.82) is 0 Å². The Morgan fingerprint density at radius 3 is 2.22 bits per heavy atom. The molecule has 0 aliphatic heterocycles. The molecule has 1 aromatic carbocycles. The zero-order chi connectivity index (χ0) is 13.5. The van der Waals surface area contributed by atoms with Gasteiger partial charge in [0.1, 0.15) is 5.75 Å². The van der Waals surface area contributed by atoms with Gasteiger partial charge in [0, 0.05) is 6.04 Å². The van der Waals surface area contributed by atoms with Crippen molar-refractivity contribution < 1.29 is 13.5 Å². The molecule has 0 saturated heterocycles. The first-order chi connectivity index (χ1) is 8.54. The van der Waals surface area contributed by atoms with Gasteiger partial charge < -0.3 is 10.1 Å². The lowest BCUT2D eigenvalue weighted by molar-refractivity contribution is -0.0498. The second-order valence-corrected chi connectivity index (χ2v) is 4.62. The topological polar surface area (TPSA) is 21.3 Å². The van der Waals surface area contributed by atoms with E-state index in [1.54, 1.807) is 12.1 Å². The van der Waals surface area contributed by atoms with Crippen LogP contribution in [0.4, 0.5) is 8.78 Å². The molecule has 0 fully saturated rings. The van der Waals surface area contributed by atoms with Gasteiger partial charge in [-0.25, -0.2) is 0 Å². The molecule has 0 amide bonds. The molecule has 2 nitrogen and oxygen atoms in total. The van der Waals surface area contributed by atoms with Crippen LogP contribution in [0.2, 0.25) is 0 Å². The average Bonchev–Trinajstić information content (AvgIpc) is 2.30. The summed E-state index contributed by atoms with van der Waals surface area (Å²) in [5, 5.41) is 3.46. The fourth-order valence-electron chi connectivity index (χ4n) is 1.89. The van der Waals surface area contributed by atoms with E-state index in [2.05, 4.69) is 30.8 Å². The van der Waals surface area contributed by atoms with E-state index in [0.29, 0.717) is 5.92 Å². The molecule has 1 N–H and O–H groups in total. The first-order valence-corrected chi connectivity index (χ1v) is 6.32. The molecule has 1 atom stereocenters. The van der Waals surface area contributed by atoms with Crippen molar-refractivity contribution >= 4 is 0 Å². The summed E-state index contributed by atoms with van der Waals surface area (Å²) in [5.74, 6) is 0.644. The normalized spacial score (nSPS) is 13.1. The number of hydrogen-bond donors (Lipinski definition) is 1. The molecule has 0 saturated carbocycles. The van der Waals surface area contributed by atoms with E-state index >= 15 is 0 Å². The average molecular weight is 257 g/mol. The van der Waals surface area contributed by atoms with Crippen LogP contribution in [0.25, 0.3) is 0 Å². The third-order valence-electron chi connectivity index (χ3n) is 2.75. The van der Waals surface area contributed by atoms with Gasteiger partial charge in [0.2, 0.25) is 0 Å². The van der Waals surface area contributed by atoms with Crippen molar-refractivity contribution in [3.8, 4) is 5.75 Å². The van der Waals surface area contributed by atoms with Gasteiger partial charge in [-0.3, -0.25) is 0 Å². The van der Waals surface area contributed by atoms with Gasteiger partial charge in [0.15, 0.2) is 0 Å². The zero-order valence-electron chi connectivity index (χ0n) is 11.1. The molecule has 0 heterocycles. The largest absolute Gasteiger partial charge is 0.435 e. The van der Waals surface area contributed by atoms with Crippen LogP contribution in [0.5, 0.6) is 5.75 Å². The van der Waals surface area contributed by atoms with Crippen molar-refractivity contribution in [2.45, 2.75) is 39.8 Å². The summed E-state index contributed by atoms with van der Waals surface area (Å²) in [6.07, 6.45) is 1.07. The second-order valence-electron chi connectivity index (χ2n) is 4.62. The monoisotopic (exact) mass is 257 g/mol. The van der Waals surface area contributed by atoms with Gasteiger partial charge in [-0.05, 0) is 36.6 Å². The number of nitrogens with one attached hydrogen (secondary N) is 1. The summed E-state index contributed by atoms with van der Waals surface area (Å²) in [5.41, 5.74) is 1.10. The lowest BCUT2D eigenvalue weighted by Gasteiger charge is -2.23. The molecule has 1 rings (SSSR count).